The lowest BCUT2D eigenvalue weighted by Gasteiger charge is -2.22. The zero-order valence-corrected chi connectivity index (χ0v) is 16.8. The highest BCUT2D eigenvalue weighted by molar-refractivity contribution is 5.97. The summed E-state index contributed by atoms with van der Waals surface area (Å²) in [7, 11) is 1.90. The topological polar surface area (TPSA) is 90.5 Å². The molecule has 1 aromatic carbocycles. The van der Waals surface area contributed by atoms with Gasteiger partial charge in [-0.25, -0.2) is 0 Å². The Morgan fingerprint density at radius 1 is 1.07 bits per heavy atom. The van der Waals surface area contributed by atoms with E-state index < -0.39 is 0 Å². The average molecular weight is 401 g/mol. The Kier molecular flexibility index (Phi) is 4.84. The van der Waals surface area contributed by atoms with Crippen molar-refractivity contribution >= 4 is 16.7 Å². The smallest absolute Gasteiger partial charge is 0.172 e. The number of Topliss-reactive ketones (excluding diaryl/α,β-unsaturated/α-hetero) is 1. The molecule has 0 saturated carbocycles. The molecule has 1 aliphatic rings. The molecule has 3 aromatic heterocycles. The number of hydrogen-bond acceptors (Lipinski definition) is 6. The Hall–Kier alpha value is -3.39. The van der Waals surface area contributed by atoms with Crippen molar-refractivity contribution in [1.82, 2.24) is 35.1 Å². The molecule has 152 valence electrons. The van der Waals surface area contributed by atoms with Gasteiger partial charge in [0.25, 0.3) is 0 Å². The molecule has 0 radical (unpaired) electrons. The molecule has 8 nitrogen and oxygen atoms in total. The molecule has 1 N–H and O–H groups in total. The number of nitrogens with zero attached hydrogens (tertiary/aromatic N) is 6. The number of fused-ring (bicyclic) bond motifs is 1. The van der Waals surface area contributed by atoms with Gasteiger partial charge in [0, 0.05) is 30.4 Å². The van der Waals surface area contributed by atoms with Crippen LogP contribution in [0, 0.1) is 0 Å². The third-order valence-electron chi connectivity index (χ3n) is 5.62. The highest BCUT2D eigenvalue weighted by Crippen LogP contribution is 2.24. The van der Waals surface area contributed by atoms with Crippen LogP contribution in [0.5, 0.6) is 0 Å². The van der Waals surface area contributed by atoms with Gasteiger partial charge in [0.05, 0.1) is 41.6 Å². The van der Waals surface area contributed by atoms with Gasteiger partial charge in [0.15, 0.2) is 5.78 Å². The number of aryl methyl sites for hydroxylation is 1. The fourth-order valence-corrected chi connectivity index (χ4v) is 3.94. The zero-order chi connectivity index (χ0) is 20.5. The summed E-state index contributed by atoms with van der Waals surface area (Å²) >= 11 is 0. The van der Waals surface area contributed by atoms with Gasteiger partial charge in [-0.2, -0.15) is 20.4 Å². The number of benzene rings is 1. The first-order valence-corrected chi connectivity index (χ1v) is 10.2. The predicted octanol–water partition coefficient (Wildman–Crippen LogP) is 2.58. The lowest BCUT2D eigenvalue weighted by molar-refractivity contribution is 0.0991. The molecule has 5 rings (SSSR count). The van der Waals surface area contributed by atoms with E-state index in [2.05, 4.69) is 31.8 Å². The highest BCUT2D eigenvalue weighted by atomic mass is 16.1. The molecular formula is C22H23N7O. The minimum Gasteiger partial charge on any atom is -0.317 e. The molecule has 8 heteroatoms. The minimum atomic E-state index is 0.00671. The van der Waals surface area contributed by atoms with Crippen LogP contribution >= 0.6 is 0 Å². The third-order valence-corrected chi connectivity index (χ3v) is 5.62. The van der Waals surface area contributed by atoms with E-state index in [0.29, 0.717) is 17.3 Å². The number of rotatable bonds is 5. The number of hydrogen-bond donors (Lipinski definition) is 1. The molecule has 0 atom stereocenters. The number of ketones is 1. The molecule has 4 heterocycles. The molecule has 1 aliphatic heterocycles. The van der Waals surface area contributed by atoms with Crippen molar-refractivity contribution in [1.29, 1.82) is 0 Å². The summed E-state index contributed by atoms with van der Waals surface area (Å²) in [6, 6.07) is 8.31. The fourth-order valence-electron chi connectivity index (χ4n) is 3.94. The molecule has 1 fully saturated rings. The minimum absolute atomic E-state index is 0.00671. The van der Waals surface area contributed by atoms with Gasteiger partial charge in [-0.05, 0) is 49.7 Å². The van der Waals surface area contributed by atoms with E-state index in [1.807, 2.05) is 48.5 Å². The van der Waals surface area contributed by atoms with Crippen molar-refractivity contribution < 1.29 is 4.79 Å². The first-order chi connectivity index (χ1) is 14.7. The summed E-state index contributed by atoms with van der Waals surface area (Å²) in [5.74, 6) is 0.00671. The second kappa shape index (κ2) is 7.79. The lowest BCUT2D eigenvalue weighted by Crippen LogP contribution is -2.29. The third kappa shape index (κ3) is 3.73. The van der Waals surface area contributed by atoms with E-state index in [-0.39, 0.29) is 12.2 Å². The van der Waals surface area contributed by atoms with Crippen molar-refractivity contribution in [3.05, 3.63) is 60.3 Å². The molecule has 0 aliphatic carbocycles. The van der Waals surface area contributed by atoms with Gasteiger partial charge >= 0.3 is 0 Å². The summed E-state index contributed by atoms with van der Waals surface area (Å²) in [4.78, 5) is 12.8. The second-order valence-corrected chi connectivity index (χ2v) is 7.80. The van der Waals surface area contributed by atoms with E-state index in [1.165, 1.54) is 0 Å². The van der Waals surface area contributed by atoms with Crippen molar-refractivity contribution in [2.75, 3.05) is 13.1 Å². The normalized spacial score (nSPS) is 15.0. The molecule has 0 bridgehead atoms. The Balaban J connectivity index is 1.35. The predicted molar refractivity (Wildman–Crippen MR) is 113 cm³/mol. The Morgan fingerprint density at radius 2 is 1.93 bits per heavy atom. The van der Waals surface area contributed by atoms with Gasteiger partial charge < -0.3 is 5.32 Å². The standard InChI is InChI=1S/C22H23N7O/c1-28-13-17(11-24-28)15-2-3-21-16(8-15)9-19(26-27-21)10-22(30)18-12-25-29(14-18)20-4-6-23-7-5-20/h2-3,8-9,11-14,20,23H,4-7,10H2,1H3. The van der Waals surface area contributed by atoms with Gasteiger partial charge in [-0.15, -0.1) is 0 Å². The summed E-state index contributed by atoms with van der Waals surface area (Å²) < 4.78 is 3.71. The largest absolute Gasteiger partial charge is 0.317 e. The van der Waals surface area contributed by atoms with E-state index in [9.17, 15) is 4.79 Å². The maximum Gasteiger partial charge on any atom is 0.172 e. The van der Waals surface area contributed by atoms with Crippen molar-refractivity contribution in [3.63, 3.8) is 0 Å². The van der Waals surface area contributed by atoms with Crippen LogP contribution in [-0.4, -0.2) is 48.6 Å². The first kappa shape index (κ1) is 18.6. The van der Waals surface area contributed by atoms with Gasteiger partial charge in [-0.3, -0.25) is 14.2 Å². The van der Waals surface area contributed by atoms with Crippen LogP contribution in [0.2, 0.25) is 0 Å². The number of nitrogens with one attached hydrogen (secondary N) is 1. The summed E-state index contributed by atoms with van der Waals surface area (Å²) in [6.07, 6.45) is 9.61. The highest BCUT2D eigenvalue weighted by Gasteiger charge is 2.18. The lowest BCUT2D eigenvalue weighted by atomic mass is 10.0. The van der Waals surface area contributed by atoms with E-state index in [1.54, 1.807) is 10.9 Å². The van der Waals surface area contributed by atoms with E-state index in [4.69, 9.17) is 0 Å². The van der Waals surface area contributed by atoms with Crippen LogP contribution < -0.4 is 5.32 Å². The number of piperidine rings is 1. The zero-order valence-electron chi connectivity index (χ0n) is 16.8. The number of aromatic nitrogens is 6. The fraction of sp³-hybridized carbons (Fsp3) is 0.318. The molecule has 0 spiro atoms. The Bertz CT molecular complexity index is 1200. The Morgan fingerprint density at radius 3 is 2.73 bits per heavy atom. The van der Waals surface area contributed by atoms with Gasteiger partial charge in [0.2, 0.25) is 0 Å². The van der Waals surface area contributed by atoms with Crippen LogP contribution in [0.15, 0.2) is 49.1 Å². The molecule has 4 aromatic rings. The summed E-state index contributed by atoms with van der Waals surface area (Å²) in [5.41, 5.74) is 4.19. The second-order valence-electron chi connectivity index (χ2n) is 7.80. The summed E-state index contributed by atoms with van der Waals surface area (Å²) in [6.45, 7) is 1.98. The molecular weight excluding hydrogens is 378 g/mol. The first-order valence-electron chi connectivity index (χ1n) is 10.2. The quantitative estimate of drug-likeness (QED) is 0.517. The molecule has 30 heavy (non-hydrogen) atoms. The molecule has 0 unspecified atom stereocenters. The van der Waals surface area contributed by atoms with Crippen molar-refractivity contribution in [2.45, 2.75) is 25.3 Å². The van der Waals surface area contributed by atoms with Crippen LogP contribution in [0.3, 0.4) is 0 Å². The van der Waals surface area contributed by atoms with Crippen LogP contribution in [0.4, 0.5) is 0 Å². The number of carbonyl (C=O) groups is 1. The van der Waals surface area contributed by atoms with Crippen LogP contribution in [-0.2, 0) is 13.5 Å². The van der Waals surface area contributed by atoms with Crippen molar-refractivity contribution in [2.24, 2.45) is 7.05 Å². The Labute approximate surface area is 173 Å². The summed E-state index contributed by atoms with van der Waals surface area (Å²) in [5, 5.41) is 21.5. The average Bonchev–Trinajstić information content (AvgIpc) is 3.43. The maximum absolute atomic E-state index is 12.8. The van der Waals surface area contributed by atoms with Gasteiger partial charge in [0.1, 0.15) is 0 Å². The van der Waals surface area contributed by atoms with E-state index >= 15 is 0 Å². The number of carbonyl (C=O) groups excluding carboxylic acids is 1. The monoisotopic (exact) mass is 401 g/mol. The van der Waals surface area contributed by atoms with Crippen LogP contribution in [0.1, 0.15) is 34.9 Å². The van der Waals surface area contributed by atoms with Crippen LogP contribution in [0.25, 0.3) is 22.0 Å². The maximum atomic E-state index is 12.8. The molecule has 0 amide bonds. The van der Waals surface area contributed by atoms with Gasteiger partial charge in [-0.1, -0.05) is 6.07 Å². The SMILES string of the molecule is Cn1cc(-c2ccc3nnc(CC(=O)c4cnn(C5CCNCC5)c4)cc3c2)cn1. The molecule has 1 saturated heterocycles. The van der Waals surface area contributed by atoms with E-state index in [0.717, 1.165) is 48.0 Å². The van der Waals surface area contributed by atoms with Crippen molar-refractivity contribution in [3.8, 4) is 11.1 Å².